The summed E-state index contributed by atoms with van der Waals surface area (Å²) in [6.45, 7) is 6.26. The third-order valence-electron chi connectivity index (χ3n) is 4.30. The number of aromatic nitrogens is 3. The molecule has 1 amide bonds. The van der Waals surface area contributed by atoms with Crippen molar-refractivity contribution in [2.75, 3.05) is 6.54 Å². The lowest BCUT2D eigenvalue weighted by molar-refractivity contribution is 0.0731. The van der Waals surface area contributed by atoms with E-state index in [0.29, 0.717) is 30.2 Å². The summed E-state index contributed by atoms with van der Waals surface area (Å²) in [5, 5.41) is 3.84. The van der Waals surface area contributed by atoms with Gasteiger partial charge in [-0.25, -0.2) is 0 Å². The Balaban J connectivity index is 1.88. The molecule has 0 radical (unpaired) electrons. The second kappa shape index (κ2) is 6.59. The zero-order valence-corrected chi connectivity index (χ0v) is 14.3. The normalized spacial score (nSPS) is 14.0. The van der Waals surface area contributed by atoms with E-state index in [1.165, 1.54) is 0 Å². The number of rotatable bonds is 6. The van der Waals surface area contributed by atoms with Crippen molar-refractivity contribution < 1.29 is 9.32 Å². The summed E-state index contributed by atoms with van der Waals surface area (Å²) in [6.07, 6.45) is 4.45. The molecule has 128 valence electrons. The predicted molar refractivity (Wildman–Crippen MR) is 87.8 cm³/mol. The minimum Gasteiger partial charge on any atom is -0.337 e. The van der Waals surface area contributed by atoms with Crippen LogP contribution in [-0.4, -0.2) is 32.1 Å². The van der Waals surface area contributed by atoms with E-state index in [9.17, 15) is 9.59 Å². The van der Waals surface area contributed by atoms with Gasteiger partial charge in [-0.3, -0.25) is 9.59 Å². The molecule has 0 bridgehead atoms. The highest BCUT2D eigenvalue weighted by Crippen LogP contribution is 2.33. The molecule has 0 saturated heterocycles. The Morgan fingerprint density at radius 2 is 2.17 bits per heavy atom. The zero-order chi connectivity index (χ0) is 17.3. The van der Waals surface area contributed by atoms with Gasteiger partial charge in [0.15, 0.2) is 5.82 Å². The summed E-state index contributed by atoms with van der Waals surface area (Å²) in [5.74, 6) is 0.713. The van der Waals surface area contributed by atoms with Gasteiger partial charge in [0.25, 0.3) is 11.5 Å². The van der Waals surface area contributed by atoms with E-state index >= 15 is 0 Å². The van der Waals surface area contributed by atoms with E-state index in [0.717, 1.165) is 12.8 Å². The van der Waals surface area contributed by atoms with Gasteiger partial charge in [0.2, 0.25) is 5.89 Å². The lowest BCUT2D eigenvalue weighted by Crippen LogP contribution is -2.37. The van der Waals surface area contributed by atoms with Crippen molar-refractivity contribution in [2.45, 2.75) is 52.6 Å². The third-order valence-corrected chi connectivity index (χ3v) is 4.30. The lowest BCUT2D eigenvalue weighted by Gasteiger charge is -2.20. The summed E-state index contributed by atoms with van der Waals surface area (Å²) in [4.78, 5) is 31.4. The fourth-order valence-corrected chi connectivity index (χ4v) is 2.69. The van der Waals surface area contributed by atoms with Gasteiger partial charge in [0, 0.05) is 25.2 Å². The van der Waals surface area contributed by atoms with E-state index < -0.39 is 0 Å². The Bertz CT molecular complexity index is 804. The minimum absolute atomic E-state index is 0.208. The smallest absolute Gasteiger partial charge is 0.263 e. The monoisotopic (exact) mass is 330 g/mol. The number of pyridine rings is 1. The van der Waals surface area contributed by atoms with Crippen molar-refractivity contribution in [1.82, 2.24) is 19.6 Å². The molecule has 2 aromatic heterocycles. The van der Waals surface area contributed by atoms with E-state index in [-0.39, 0.29) is 29.6 Å². The molecule has 2 aromatic rings. The zero-order valence-electron chi connectivity index (χ0n) is 14.3. The molecule has 0 unspecified atom stereocenters. The number of amides is 1. The van der Waals surface area contributed by atoms with Crippen LogP contribution >= 0.6 is 0 Å². The van der Waals surface area contributed by atoms with Crippen LogP contribution in [0.5, 0.6) is 0 Å². The fraction of sp³-hybridized carbons (Fsp3) is 0.529. The number of carbonyl (C=O) groups excluding carboxylic acids is 1. The van der Waals surface area contributed by atoms with Crippen molar-refractivity contribution in [3.05, 3.63) is 45.5 Å². The van der Waals surface area contributed by atoms with Crippen LogP contribution in [-0.2, 0) is 13.0 Å². The largest absolute Gasteiger partial charge is 0.337 e. The van der Waals surface area contributed by atoms with Crippen molar-refractivity contribution in [3.63, 3.8) is 0 Å². The molecular formula is C17H22N4O3. The Morgan fingerprint density at radius 3 is 2.75 bits per heavy atom. The molecule has 0 spiro atoms. The average Bonchev–Trinajstić information content (AvgIpc) is 3.30. The molecule has 0 aromatic carbocycles. The lowest BCUT2D eigenvalue weighted by atomic mass is 10.1. The number of hydrogen-bond acceptors (Lipinski definition) is 5. The van der Waals surface area contributed by atoms with Crippen LogP contribution < -0.4 is 5.56 Å². The molecule has 1 saturated carbocycles. The molecule has 7 nitrogen and oxygen atoms in total. The van der Waals surface area contributed by atoms with Crippen molar-refractivity contribution in [3.8, 4) is 0 Å². The van der Waals surface area contributed by atoms with Gasteiger partial charge in [-0.15, -0.1) is 0 Å². The molecule has 0 atom stereocenters. The molecule has 3 rings (SSSR count). The molecule has 1 aliphatic carbocycles. The van der Waals surface area contributed by atoms with Gasteiger partial charge in [0.1, 0.15) is 12.1 Å². The fourth-order valence-electron chi connectivity index (χ4n) is 2.69. The summed E-state index contributed by atoms with van der Waals surface area (Å²) < 4.78 is 6.84. The standard InChI is InChI=1S/C17H22N4O3/c1-4-13-18-14(24-19-13)10-20(5-2)16(22)15-11(3)8-9-21(17(15)23)12-6-7-12/h8-9,12H,4-7,10H2,1-3H3. The number of nitrogens with zero attached hydrogens (tertiary/aromatic N) is 4. The van der Waals surface area contributed by atoms with Crippen LogP contribution in [0.15, 0.2) is 21.6 Å². The molecule has 1 aliphatic rings. The third kappa shape index (κ3) is 3.11. The second-order valence-corrected chi connectivity index (χ2v) is 6.09. The Hall–Kier alpha value is -2.44. The highest BCUT2D eigenvalue weighted by Gasteiger charge is 2.28. The Kier molecular flexibility index (Phi) is 4.51. The summed E-state index contributed by atoms with van der Waals surface area (Å²) in [6, 6.07) is 2.07. The van der Waals surface area contributed by atoms with Crippen molar-refractivity contribution in [2.24, 2.45) is 0 Å². The molecule has 0 aliphatic heterocycles. The Morgan fingerprint density at radius 1 is 1.42 bits per heavy atom. The topological polar surface area (TPSA) is 81.2 Å². The van der Waals surface area contributed by atoms with Gasteiger partial charge in [-0.05, 0) is 38.3 Å². The van der Waals surface area contributed by atoms with Crippen LogP contribution in [0.3, 0.4) is 0 Å². The highest BCUT2D eigenvalue weighted by atomic mass is 16.5. The van der Waals surface area contributed by atoms with Crippen molar-refractivity contribution >= 4 is 5.91 Å². The van der Waals surface area contributed by atoms with Crippen LogP contribution in [0.1, 0.15) is 60.4 Å². The maximum Gasteiger partial charge on any atom is 0.263 e. The number of aryl methyl sites for hydroxylation is 2. The molecular weight excluding hydrogens is 308 g/mol. The second-order valence-electron chi connectivity index (χ2n) is 6.09. The van der Waals surface area contributed by atoms with Gasteiger partial charge in [-0.1, -0.05) is 12.1 Å². The molecule has 2 heterocycles. The van der Waals surface area contributed by atoms with Gasteiger partial charge in [-0.2, -0.15) is 4.98 Å². The first kappa shape index (κ1) is 16.4. The maximum atomic E-state index is 12.9. The number of carbonyl (C=O) groups is 1. The first-order valence-electron chi connectivity index (χ1n) is 8.37. The summed E-state index contributed by atoms with van der Waals surface area (Å²) in [7, 11) is 0. The molecule has 1 fully saturated rings. The summed E-state index contributed by atoms with van der Waals surface area (Å²) in [5.41, 5.74) is 0.724. The first-order chi connectivity index (χ1) is 11.5. The summed E-state index contributed by atoms with van der Waals surface area (Å²) >= 11 is 0. The Labute approximate surface area is 140 Å². The minimum atomic E-state index is -0.286. The molecule has 7 heteroatoms. The van der Waals surface area contributed by atoms with Crippen LogP contribution in [0.4, 0.5) is 0 Å². The van der Waals surface area contributed by atoms with Gasteiger partial charge in [0.05, 0.1) is 0 Å². The van der Waals surface area contributed by atoms with E-state index in [1.807, 2.05) is 19.9 Å². The molecule has 24 heavy (non-hydrogen) atoms. The van der Waals surface area contributed by atoms with Crippen LogP contribution in [0.2, 0.25) is 0 Å². The van der Waals surface area contributed by atoms with Gasteiger partial charge < -0.3 is 14.0 Å². The average molecular weight is 330 g/mol. The van der Waals surface area contributed by atoms with Crippen molar-refractivity contribution in [1.29, 1.82) is 0 Å². The van der Waals surface area contributed by atoms with Crippen LogP contribution in [0.25, 0.3) is 0 Å². The quantitative estimate of drug-likeness (QED) is 0.810. The van der Waals surface area contributed by atoms with E-state index in [1.54, 1.807) is 22.6 Å². The van der Waals surface area contributed by atoms with E-state index in [2.05, 4.69) is 10.1 Å². The van der Waals surface area contributed by atoms with Gasteiger partial charge >= 0.3 is 0 Å². The highest BCUT2D eigenvalue weighted by molar-refractivity contribution is 5.95. The maximum absolute atomic E-state index is 12.9. The van der Waals surface area contributed by atoms with Crippen LogP contribution in [0, 0.1) is 6.92 Å². The number of hydrogen-bond donors (Lipinski definition) is 0. The SMILES string of the molecule is CCc1noc(CN(CC)C(=O)c2c(C)ccn(C3CC3)c2=O)n1. The first-order valence-corrected chi connectivity index (χ1v) is 8.37. The predicted octanol–water partition coefficient (Wildman–Crippen LogP) is 2.10. The molecule has 0 N–H and O–H groups in total. The van der Waals surface area contributed by atoms with E-state index in [4.69, 9.17) is 4.52 Å².